The van der Waals surface area contributed by atoms with Gasteiger partial charge in [0.2, 0.25) is 0 Å². The highest BCUT2D eigenvalue weighted by molar-refractivity contribution is 5.68. The molecule has 1 unspecified atom stereocenters. The molecule has 1 aliphatic heterocycles. The summed E-state index contributed by atoms with van der Waals surface area (Å²) >= 11 is 0. The molecule has 2 heterocycles. The molecular formula is C14H14N2O. The zero-order chi connectivity index (χ0) is 11.7. The topological polar surface area (TPSA) is 48.1 Å². The van der Waals surface area contributed by atoms with Gasteiger partial charge in [-0.1, -0.05) is 24.3 Å². The van der Waals surface area contributed by atoms with Gasteiger partial charge >= 0.3 is 0 Å². The molecule has 0 saturated carbocycles. The Bertz CT molecular complexity index is 525. The van der Waals surface area contributed by atoms with Crippen LogP contribution in [-0.4, -0.2) is 11.5 Å². The van der Waals surface area contributed by atoms with Crippen LogP contribution < -0.4 is 5.73 Å². The van der Waals surface area contributed by atoms with Crippen LogP contribution in [0.4, 0.5) is 0 Å². The van der Waals surface area contributed by atoms with Crippen molar-refractivity contribution in [1.82, 2.24) is 4.98 Å². The van der Waals surface area contributed by atoms with E-state index in [2.05, 4.69) is 29.2 Å². The molecule has 1 aliphatic rings. The minimum atomic E-state index is 0.0432. The lowest BCUT2D eigenvalue weighted by molar-refractivity contribution is 0.0725. The summed E-state index contributed by atoms with van der Waals surface area (Å²) in [6.45, 7) is 1.17. The molecule has 2 N–H and O–H groups in total. The van der Waals surface area contributed by atoms with E-state index in [4.69, 9.17) is 10.5 Å². The van der Waals surface area contributed by atoms with Gasteiger partial charge in [0.15, 0.2) is 0 Å². The van der Waals surface area contributed by atoms with E-state index in [0.29, 0.717) is 13.2 Å². The van der Waals surface area contributed by atoms with Crippen LogP contribution in [0.15, 0.2) is 42.7 Å². The van der Waals surface area contributed by atoms with Gasteiger partial charge in [-0.15, -0.1) is 0 Å². The second-order valence-corrected chi connectivity index (χ2v) is 4.15. The molecule has 3 rings (SSSR count). The Morgan fingerprint density at radius 1 is 1.29 bits per heavy atom. The van der Waals surface area contributed by atoms with Gasteiger partial charge in [0.25, 0.3) is 0 Å². The predicted octanol–water partition coefficient (Wildman–Crippen LogP) is 2.28. The average molecular weight is 226 g/mol. The molecule has 2 aromatic rings. The van der Waals surface area contributed by atoms with Gasteiger partial charge in [0, 0.05) is 24.5 Å². The number of nitrogens with two attached hydrogens (primary N) is 1. The Kier molecular flexibility index (Phi) is 2.63. The summed E-state index contributed by atoms with van der Waals surface area (Å²) in [5.41, 5.74) is 10.5. The van der Waals surface area contributed by atoms with E-state index in [-0.39, 0.29) is 6.10 Å². The Hall–Kier alpha value is -1.71. The zero-order valence-corrected chi connectivity index (χ0v) is 9.47. The fourth-order valence-corrected chi connectivity index (χ4v) is 2.33. The van der Waals surface area contributed by atoms with Crippen LogP contribution in [0.25, 0.3) is 11.1 Å². The fourth-order valence-electron chi connectivity index (χ4n) is 2.33. The SMILES string of the molecule is NCC1OCc2c(-c3cccnc3)cccc21. The first-order chi connectivity index (χ1) is 8.40. The van der Waals surface area contributed by atoms with Crippen LogP contribution >= 0.6 is 0 Å². The second kappa shape index (κ2) is 4.28. The molecule has 0 fully saturated rings. The van der Waals surface area contributed by atoms with E-state index in [0.717, 1.165) is 5.56 Å². The van der Waals surface area contributed by atoms with Crippen LogP contribution in [0.1, 0.15) is 17.2 Å². The van der Waals surface area contributed by atoms with Crippen molar-refractivity contribution in [2.45, 2.75) is 12.7 Å². The van der Waals surface area contributed by atoms with Crippen molar-refractivity contribution in [2.24, 2.45) is 5.73 Å². The third-order valence-electron chi connectivity index (χ3n) is 3.17. The number of hydrogen-bond donors (Lipinski definition) is 1. The highest BCUT2D eigenvalue weighted by Gasteiger charge is 2.24. The third kappa shape index (κ3) is 1.73. The zero-order valence-electron chi connectivity index (χ0n) is 9.47. The molecule has 3 nitrogen and oxygen atoms in total. The van der Waals surface area contributed by atoms with Crippen LogP contribution in [-0.2, 0) is 11.3 Å². The first-order valence-corrected chi connectivity index (χ1v) is 5.74. The van der Waals surface area contributed by atoms with E-state index in [9.17, 15) is 0 Å². The normalized spacial score (nSPS) is 18.1. The summed E-state index contributed by atoms with van der Waals surface area (Å²) in [4.78, 5) is 4.16. The Labute approximate surface area is 100 Å². The van der Waals surface area contributed by atoms with Crippen molar-refractivity contribution in [3.8, 4) is 11.1 Å². The van der Waals surface area contributed by atoms with Gasteiger partial charge in [0.1, 0.15) is 0 Å². The van der Waals surface area contributed by atoms with Gasteiger partial charge in [-0.05, 0) is 22.8 Å². The number of benzene rings is 1. The van der Waals surface area contributed by atoms with Gasteiger partial charge in [0.05, 0.1) is 12.7 Å². The summed E-state index contributed by atoms with van der Waals surface area (Å²) in [7, 11) is 0. The number of aromatic nitrogens is 1. The fraction of sp³-hybridized carbons (Fsp3) is 0.214. The predicted molar refractivity (Wildman–Crippen MR) is 66.3 cm³/mol. The lowest BCUT2D eigenvalue weighted by atomic mass is 9.96. The van der Waals surface area contributed by atoms with E-state index < -0.39 is 0 Å². The number of fused-ring (bicyclic) bond motifs is 1. The average Bonchev–Trinajstić information content (AvgIpc) is 2.82. The lowest BCUT2D eigenvalue weighted by Gasteiger charge is -2.09. The maximum absolute atomic E-state index is 5.70. The molecule has 0 bridgehead atoms. The number of pyridine rings is 1. The van der Waals surface area contributed by atoms with Crippen LogP contribution in [0.5, 0.6) is 0 Å². The minimum Gasteiger partial charge on any atom is -0.367 e. The molecule has 0 radical (unpaired) electrons. The van der Waals surface area contributed by atoms with Gasteiger partial charge in [-0.3, -0.25) is 4.98 Å². The van der Waals surface area contributed by atoms with Gasteiger partial charge in [-0.2, -0.15) is 0 Å². The molecule has 0 saturated heterocycles. The number of rotatable bonds is 2. The first-order valence-electron chi connectivity index (χ1n) is 5.74. The van der Waals surface area contributed by atoms with Crippen molar-refractivity contribution in [1.29, 1.82) is 0 Å². The van der Waals surface area contributed by atoms with Crippen molar-refractivity contribution < 1.29 is 4.74 Å². The summed E-state index contributed by atoms with van der Waals surface area (Å²) in [6.07, 6.45) is 3.71. The van der Waals surface area contributed by atoms with Crippen LogP contribution in [0.2, 0.25) is 0 Å². The molecular weight excluding hydrogens is 212 g/mol. The third-order valence-corrected chi connectivity index (χ3v) is 3.17. The monoisotopic (exact) mass is 226 g/mol. The van der Waals surface area contributed by atoms with E-state index in [1.807, 2.05) is 12.3 Å². The van der Waals surface area contributed by atoms with Crippen LogP contribution in [0, 0.1) is 0 Å². The van der Waals surface area contributed by atoms with Crippen molar-refractivity contribution in [2.75, 3.05) is 6.54 Å². The largest absolute Gasteiger partial charge is 0.367 e. The molecule has 1 aromatic carbocycles. The molecule has 3 heteroatoms. The lowest BCUT2D eigenvalue weighted by Crippen LogP contribution is -2.10. The number of nitrogens with zero attached hydrogens (tertiary/aromatic N) is 1. The Morgan fingerprint density at radius 2 is 2.24 bits per heavy atom. The summed E-state index contributed by atoms with van der Waals surface area (Å²) in [5.74, 6) is 0. The quantitative estimate of drug-likeness (QED) is 0.854. The number of hydrogen-bond acceptors (Lipinski definition) is 3. The highest BCUT2D eigenvalue weighted by Crippen LogP contribution is 2.36. The van der Waals surface area contributed by atoms with Crippen molar-refractivity contribution in [3.63, 3.8) is 0 Å². The first kappa shape index (κ1) is 10.4. The molecule has 0 amide bonds. The smallest absolute Gasteiger partial charge is 0.0955 e. The summed E-state index contributed by atoms with van der Waals surface area (Å²) in [6, 6.07) is 10.3. The molecule has 0 spiro atoms. The van der Waals surface area contributed by atoms with Crippen molar-refractivity contribution >= 4 is 0 Å². The Morgan fingerprint density at radius 3 is 3.00 bits per heavy atom. The summed E-state index contributed by atoms with van der Waals surface area (Å²) in [5, 5.41) is 0. The maximum atomic E-state index is 5.70. The molecule has 1 aromatic heterocycles. The standard InChI is InChI=1S/C14H14N2O/c15-7-14-12-5-1-4-11(13(12)9-17-14)10-3-2-6-16-8-10/h1-6,8,14H,7,9,15H2. The second-order valence-electron chi connectivity index (χ2n) is 4.15. The van der Waals surface area contributed by atoms with E-state index in [1.165, 1.54) is 16.7 Å². The molecule has 17 heavy (non-hydrogen) atoms. The van der Waals surface area contributed by atoms with Gasteiger partial charge in [-0.25, -0.2) is 0 Å². The minimum absolute atomic E-state index is 0.0432. The summed E-state index contributed by atoms with van der Waals surface area (Å²) < 4.78 is 5.69. The maximum Gasteiger partial charge on any atom is 0.0955 e. The molecule has 0 aliphatic carbocycles. The number of ether oxygens (including phenoxy) is 1. The van der Waals surface area contributed by atoms with Gasteiger partial charge < -0.3 is 10.5 Å². The molecule has 1 atom stereocenters. The molecule has 86 valence electrons. The van der Waals surface area contributed by atoms with E-state index >= 15 is 0 Å². The van der Waals surface area contributed by atoms with Crippen molar-refractivity contribution in [3.05, 3.63) is 53.9 Å². The highest BCUT2D eigenvalue weighted by atomic mass is 16.5. The van der Waals surface area contributed by atoms with E-state index in [1.54, 1.807) is 6.20 Å². The Balaban J connectivity index is 2.12. The van der Waals surface area contributed by atoms with Crippen LogP contribution in [0.3, 0.4) is 0 Å².